The molecule has 0 aliphatic carbocycles. The number of benzene rings is 2. The van der Waals surface area contributed by atoms with E-state index >= 15 is 0 Å². The second kappa shape index (κ2) is 7.17. The van der Waals surface area contributed by atoms with Gasteiger partial charge in [0.1, 0.15) is 0 Å². The monoisotopic (exact) mass is 353 g/mol. The second-order valence-corrected chi connectivity index (χ2v) is 6.03. The summed E-state index contributed by atoms with van der Waals surface area (Å²) in [6, 6.07) is 24.2. The van der Waals surface area contributed by atoms with Crippen LogP contribution in [-0.4, -0.2) is 14.9 Å². The van der Waals surface area contributed by atoms with Gasteiger partial charge in [0, 0.05) is 35.7 Å². The molecule has 2 aromatic heterocycles. The zero-order valence-electron chi connectivity index (χ0n) is 14.3. The van der Waals surface area contributed by atoms with Gasteiger partial charge in [0.2, 0.25) is 0 Å². The SMILES string of the molecule is O=[N+]([O-])c1ccc(-c2cc(-c3ccccn3)cc(-c3ccccn3)c2)cc1. The molecular formula is C22H15N3O2. The van der Waals surface area contributed by atoms with Crippen LogP contribution in [0.3, 0.4) is 0 Å². The second-order valence-electron chi connectivity index (χ2n) is 6.03. The normalized spacial score (nSPS) is 10.5. The van der Waals surface area contributed by atoms with Crippen LogP contribution in [0.1, 0.15) is 0 Å². The predicted octanol–water partition coefficient (Wildman–Crippen LogP) is 5.39. The lowest BCUT2D eigenvalue weighted by molar-refractivity contribution is -0.384. The molecule has 0 saturated heterocycles. The fraction of sp³-hybridized carbons (Fsp3) is 0. The molecular weight excluding hydrogens is 338 g/mol. The number of hydrogen-bond donors (Lipinski definition) is 0. The Kier molecular flexibility index (Phi) is 4.41. The average molecular weight is 353 g/mol. The Balaban J connectivity index is 1.86. The Morgan fingerprint density at radius 1 is 0.630 bits per heavy atom. The largest absolute Gasteiger partial charge is 0.269 e. The molecule has 27 heavy (non-hydrogen) atoms. The van der Waals surface area contributed by atoms with Crippen LogP contribution in [0.5, 0.6) is 0 Å². The van der Waals surface area contributed by atoms with Gasteiger partial charge in [-0.1, -0.05) is 12.1 Å². The first kappa shape index (κ1) is 16.6. The molecule has 0 aliphatic heterocycles. The van der Waals surface area contributed by atoms with E-state index in [9.17, 15) is 10.1 Å². The van der Waals surface area contributed by atoms with Gasteiger partial charge in [-0.3, -0.25) is 20.1 Å². The summed E-state index contributed by atoms with van der Waals surface area (Å²) in [5.41, 5.74) is 5.57. The van der Waals surface area contributed by atoms with Crippen molar-refractivity contribution in [2.24, 2.45) is 0 Å². The summed E-state index contributed by atoms with van der Waals surface area (Å²) in [4.78, 5) is 19.4. The van der Waals surface area contributed by atoms with Crippen molar-refractivity contribution < 1.29 is 4.92 Å². The highest BCUT2D eigenvalue weighted by Gasteiger charge is 2.10. The molecule has 130 valence electrons. The molecule has 4 rings (SSSR count). The third kappa shape index (κ3) is 3.57. The minimum atomic E-state index is -0.395. The number of aromatic nitrogens is 2. The smallest absolute Gasteiger partial charge is 0.258 e. The van der Waals surface area contributed by atoms with Crippen molar-refractivity contribution in [2.75, 3.05) is 0 Å². The van der Waals surface area contributed by atoms with Crippen molar-refractivity contribution in [3.8, 4) is 33.6 Å². The molecule has 0 atom stereocenters. The molecule has 0 spiro atoms. The molecule has 0 bridgehead atoms. The van der Waals surface area contributed by atoms with E-state index in [4.69, 9.17) is 0 Å². The Labute approximate surface area is 156 Å². The maximum atomic E-state index is 10.9. The summed E-state index contributed by atoms with van der Waals surface area (Å²) in [7, 11) is 0. The summed E-state index contributed by atoms with van der Waals surface area (Å²) in [5.74, 6) is 0. The van der Waals surface area contributed by atoms with Gasteiger partial charge in [-0.2, -0.15) is 0 Å². The fourth-order valence-electron chi connectivity index (χ4n) is 2.93. The van der Waals surface area contributed by atoms with Crippen LogP contribution in [0.4, 0.5) is 5.69 Å². The minimum absolute atomic E-state index is 0.0737. The summed E-state index contributed by atoms with van der Waals surface area (Å²) in [5, 5.41) is 10.9. The van der Waals surface area contributed by atoms with Crippen molar-refractivity contribution in [2.45, 2.75) is 0 Å². The van der Waals surface area contributed by atoms with Crippen LogP contribution in [0.25, 0.3) is 33.6 Å². The third-order valence-corrected chi connectivity index (χ3v) is 4.27. The lowest BCUT2D eigenvalue weighted by Crippen LogP contribution is -1.90. The molecule has 5 nitrogen and oxygen atoms in total. The average Bonchev–Trinajstić information content (AvgIpc) is 2.75. The van der Waals surface area contributed by atoms with Gasteiger partial charge < -0.3 is 0 Å². The minimum Gasteiger partial charge on any atom is -0.258 e. The van der Waals surface area contributed by atoms with E-state index in [0.717, 1.165) is 33.6 Å². The van der Waals surface area contributed by atoms with Gasteiger partial charge in [0.15, 0.2) is 0 Å². The Morgan fingerprint density at radius 2 is 1.15 bits per heavy atom. The summed E-state index contributed by atoms with van der Waals surface area (Å²) in [6.07, 6.45) is 3.52. The summed E-state index contributed by atoms with van der Waals surface area (Å²) >= 11 is 0. The van der Waals surface area contributed by atoms with Crippen LogP contribution in [0, 0.1) is 10.1 Å². The van der Waals surface area contributed by atoms with Crippen LogP contribution in [-0.2, 0) is 0 Å². The van der Waals surface area contributed by atoms with Gasteiger partial charge in [-0.05, 0) is 65.7 Å². The van der Waals surface area contributed by atoms with E-state index in [0.29, 0.717) is 0 Å². The van der Waals surface area contributed by atoms with Gasteiger partial charge in [0.05, 0.1) is 16.3 Å². The van der Waals surface area contributed by atoms with E-state index in [1.165, 1.54) is 12.1 Å². The molecule has 4 aromatic rings. The van der Waals surface area contributed by atoms with E-state index in [2.05, 4.69) is 16.0 Å². The molecule has 0 fully saturated rings. The van der Waals surface area contributed by atoms with E-state index in [1.807, 2.05) is 48.5 Å². The maximum absolute atomic E-state index is 10.9. The fourth-order valence-corrected chi connectivity index (χ4v) is 2.93. The lowest BCUT2D eigenvalue weighted by Gasteiger charge is -2.10. The van der Waals surface area contributed by atoms with Crippen LogP contribution >= 0.6 is 0 Å². The predicted molar refractivity (Wildman–Crippen MR) is 105 cm³/mol. The molecule has 0 unspecified atom stereocenters. The Bertz CT molecular complexity index is 1020. The van der Waals surface area contributed by atoms with E-state index in [1.54, 1.807) is 24.5 Å². The molecule has 0 radical (unpaired) electrons. The number of hydrogen-bond acceptors (Lipinski definition) is 4. The molecule has 0 N–H and O–H groups in total. The van der Waals surface area contributed by atoms with Gasteiger partial charge in [0.25, 0.3) is 5.69 Å². The lowest BCUT2D eigenvalue weighted by atomic mass is 9.96. The Morgan fingerprint density at radius 3 is 1.59 bits per heavy atom. The van der Waals surface area contributed by atoms with Crippen LogP contribution < -0.4 is 0 Å². The molecule has 2 heterocycles. The highest BCUT2D eigenvalue weighted by molar-refractivity contribution is 5.79. The van der Waals surface area contributed by atoms with E-state index < -0.39 is 4.92 Å². The molecule has 5 heteroatoms. The van der Waals surface area contributed by atoms with Crippen molar-refractivity contribution in [3.05, 3.63) is 101 Å². The number of pyridine rings is 2. The third-order valence-electron chi connectivity index (χ3n) is 4.27. The summed E-state index contributed by atoms with van der Waals surface area (Å²) in [6.45, 7) is 0. The van der Waals surface area contributed by atoms with Crippen LogP contribution in [0.15, 0.2) is 91.3 Å². The zero-order chi connectivity index (χ0) is 18.6. The number of nitro benzene ring substituents is 1. The quantitative estimate of drug-likeness (QED) is 0.364. The van der Waals surface area contributed by atoms with Crippen molar-refractivity contribution in [3.63, 3.8) is 0 Å². The van der Waals surface area contributed by atoms with E-state index in [-0.39, 0.29) is 5.69 Å². The van der Waals surface area contributed by atoms with Gasteiger partial charge in [-0.15, -0.1) is 0 Å². The number of non-ortho nitro benzene ring substituents is 1. The number of rotatable bonds is 4. The van der Waals surface area contributed by atoms with Crippen molar-refractivity contribution in [1.82, 2.24) is 9.97 Å². The zero-order valence-corrected chi connectivity index (χ0v) is 14.3. The van der Waals surface area contributed by atoms with Crippen molar-refractivity contribution >= 4 is 5.69 Å². The molecule has 0 saturated carbocycles. The van der Waals surface area contributed by atoms with Gasteiger partial charge >= 0.3 is 0 Å². The first-order chi connectivity index (χ1) is 13.2. The maximum Gasteiger partial charge on any atom is 0.269 e. The first-order valence-electron chi connectivity index (χ1n) is 8.43. The first-order valence-corrected chi connectivity index (χ1v) is 8.43. The molecule has 2 aromatic carbocycles. The number of nitrogens with zero attached hydrogens (tertiary/aromatic N) is 3. The van der Waals surface area contributed by atoms with Crippen LogP contribution in [0.2, 0.25) is 0 Å². The standard InChI is InChI=1S/C22H15N3O2/c26-25(27)20-9-7-16(8-10-20)17-13-18(21-5-1-3-11-23-21)15-19(14-17)22-6-2-4-12-24-22/h1-15H. The van der Waals surface area contributed by atoms with Gasteiger partial charge in [-0.25, -0.2) is 0 Å². The topological polar surface area (TPSA) is 68.9 Å². The summed E-state index contributed by atoms with van der Waals surface area (Å²) < 4.78 is 0. The highest BCUT2D eigenvalue weighted by Crippen LogP contribution is 2.32. The highest BCUT2D eigenvalue weighted by atomic mass is 16.6. The van der Waals surface area contributed by atoms with Crippen molar-refractivity contribution in [1.29, 1.82) is 0 Å². The number of nitro groups is 1. The molecule has 0 aliphatic rings. The molecule has 0 amide bonds. The Hall–Kier alpha value is -3.86.